The number of anilines is 6. The Balaban J connectivity index is 0.000000146. The number of para-hydroxylation sites is 4. The second-order valence-electron chi connectivity index (χ2n) is 28.8. The predicted octanol–water partition coefficient (Wildman–Crippen LogP) is 30.0. The molecule has 526 valence electrons. The Morgan fingerprint density at radius 3 is 0.812 bits per heavy atom. The standard InChI is InChI=1S/C56H38N2.C52H36N2/c1-2-15-47(16-3-1)58-55-20-9-8-18-53(55)54-38-46(29-36-56(54)58)41-25-32-49(33-26-41)57(48-30-23-40(24-31-48)45-22-21-39-11-4-5-13-44(39)37-45)50-34-27-43(28-35-50)52-19-10-14-42-12-6-7-17-51(42)52;1-3-11-37(12-4-1)39-21-28-46(29-22-39)53(47-30-23-40(24-31-47)43-20-19-38-13-7-8-14-42(38)35-43)48-32-25-41(26-33-48)44-27-34-52-50(36-44)49-17-9-10-18-51(49)54(52)45-15-5-2-6-16-45/h1-38H;1-36H. The summed E-state index contributed by atoms with van der Waals surface area (Å²) < 4.78 is 4.73. The van der Waals surface area contributed by atoms with Crippen molar-refractivity contribution in [2.24, 2.45) is 0 Å². The van der Waals surface area contributed by atoms with Crippen LogP contribution in [0.4, 0.5) is 34.1 Å². The molecule has 112 heavy (non-hydrogen) atoms. The third-order valence-electron chi connectivity index (χ3n) is 22.2. The Kier molecular flexibility index (Phi) is 17.3. The monoisotopic (exact) mass is 1430 g/mol. The van der Waals surface area contributed by atoms with Gasteiger partial charge in [0.2, 0.25) is 0 Å². The molecule has 0 atom stereocenters. The lowest BCUT2D eigenvalue weighted by molar-refractivity contribution is 1.18. The van der Waals surface area contributed by atoms with Crippen molar-refractivity contribution in [1.29, 1.82) is 0 Å². The minimum atomic E-state index is 1.10. The molecule has 0 bridgehead atoms. The summed E-state index contributed by atoms with van der Waals surface area (Å²) in [5.41, 5.74) is 28.2. The summed E-state index contributed by atoms with van der Waals surface area (Å²) in [7, 11) is 0. The molecule has 2 heterocycles. The van der Waals surface area contributed by atoms with Crippen molar-refractivity contribution >= 4 is 110 Å². The maximum Gasteiger partial charge on any atom is 0.0541 e. The maximum atomic E-state index is 2.37. The summed E-state index contributed by atoms with van der Waals surface area (Å²) in [5, 5.41) is 12.5. The molecule has 19 aromatic carbocycles. The highest BCUT2D eigenvalue weighted by Gasteiger charge is 2.20. The molecule has 0 aliphatic carbocycles. The first-order valence-corrected chi connectivity index (χ1v) is 38.4. The molecule has 0 unspecified atom stereocenters. The lowest BCUT2D eigenvalue weighted by atomic mass is 9.98. The van der Waals surface area contributed by atoms with Gasteiger partial charge in [0, 0.05) is 67.0 Å². The van der Waals surface area contributed by atoms with Crippen molar-refractivity contribution in [2.45, 2.75) is 0 Å². The van der Waals surface area contributed by atoms with Crippen LogP contribution in [0, 0.1) is 0 Å². The number of rotatable bonds is 14. The molecule has 0 fully saturated rings. The fourth-order valence-electron chi connectivity index (χ4n) is 16.6. The topological polar surface area (TPSA) is 16.3 Å². The lowest BCUT2D eigenvalue weighted by Crippen LogP contribution is -2.09. The molecule has 21 aromatic rings. The minimum absolute atomic E-state index is 1.10. The van der Waals surface area contributed by atoms with Crippen LogP contribution in [0.25, 0.3) is 154 Å². The van der Waals surface area contributed by atoms with Gasteiger partial charge in [-0.3, -0.25) is 0 Å². The van der Waals surface area contributed by atoms with Gasteiger partial charge in [0.1, 0.15) is 0 Å². The fourth-order valence-corrected chi connectivity index (χ4v) is 16.6. The zero-order chi connectivity index (χ0) is 74.3. The number of hydrogen-bond acceptors (Lipinski definition) is 2. The maximum absolute atomic E-state index is 2.37. The predicted molar refractivity (Wildman–Crippen MR) is 476 cm³/mol. The van der Waals surface area contributed by atoms with Crippen LogP contribution in [0.5, 0.6) is 0 Å². The fraction of sp³-hybridized carbons (Fsp3) is 0. The van der Waals surface area contributed by atoms with E-state index < -0.39 is 0 Å². The first-order valence-electron chi connectivity index (χ1n) is 38.4. The van der Waals surface area contributed by atoms with Crippen LogP contribution in [-0.4, -0.2) is 9.13 Å². The van der Waals surface area contributed by atoms with Crippen molar-refractivity contribution in [2.75, 3.05) is 9.80 Å². The second kappa shape index (κ2) is 29.0. The molecular formula is C108H74N4. The quantitative estimate of drug-likeness (QED) is 0.108. The highest BCUT2D eigenvalue weighted by molar-refractivity contribution is 6.12. The number of aromatic nitrogens is 2. The van der Waals surface area contributed by atoms with Crippen LogP contribution in [0.2, 0.25) is 0 Å². The number of hydrogen-bond donors (Lipinski definition) is 0. The van der Waals surface area contributed by atoms with Crippen LogP contribution in [0.15, 0.2) is 449 Å². The highest BCUT2D eigenvalue weighted by atomic mass is 15.1. The third kappa shape index (κ3) is 12.7. The van der Waals surface area contributed by atoms with E-state index >= 15 is 0 Å². The molecule has 2 aromatic heterocycles. The summed E-state index contributed by atoms with van der Waals surface area (Å²) in [4.78, 5) is 4.71. The zero-order valence-corrected chi connectivity index (χ0v) is 61.5. The molecule has 0 saturated heterocycles. The largest absolute Gasteiger partial charge is 0.311 e. The van der Waals surface area contributed by atoms with E-state index in [1.54, 1.807) is 0 Å². The van der Waals surface area contributed by atoms with Gasteiger partial charge in [-0.25, -0.2) is 0 Å². The van der Waals surface area contributed by atoms with E-state index in [0.29, 0.717) is 0 Å². The van der Waals surface area contributed by atoms with Crippen molar-refractivity contribution in [1.82, 2.24) is 9.13 Å². The second-order valence-corrected chi connectivity index (χ2v) is 28.8. The van der Waals surface area contributed by atoms with E-state index in [9.17, 15) is 0 Å². The van der Waals surface area contributed by atoms with Gasteiger partial charge in [0.05, 0.1) is 22.1 Å². The zero-order valence-electron chi connectivity index (χ0n) is 61.5. The number of benzene rings is 19. The van der Waals surface area contributed by atoms with Crippen LogP contribution < -0.4 is 9.80 Å². The van der Waals surface area contributed by atoms with Crippen LogP contribution in [0.1, 0.15) is 0 Å². The van der Waals surface area contributed by atoms with Gasteiger partial charge in [0.15, 0.2) is 0 Å². The molecular weight excluding hydrogens is 1350 g/mol. The smallest absolute Gasteiger partial charge is 0.0541 e. The Bertz CT molecular complexity index is 6980. The van der Waals surface area contributed by atoms with E-state index in [-0.39, 0.29) is 0 Å². The molecule has 0 radical (unpaired) electrons. The molecule has 0 amide bonds. The third-order valence-corrected chi connectivity index (χ3v) is 22.2. The van der Waals surface area contributed by atoms with Gasteiger partial charge in [-0.1, -0.05) is 303 Å². The summed E-state index contributed by atoms with van der Waals surface area (Å²) >= 11 is 0. The SMILES string of the molecule is c1ccc(-c2ccc(N(c3ccc(-c4ccc5ccccc5c4)cc3)c3ccc(-c4ccc5c(c4)c4ccccc4n5-c4ccccc4)cc3)cc2)cc1.c1ccc(-n2c3ccccc3c3cc(-c4ccc(N(c5ccc(-c6ccc7ccccc7c6)cc5)c5ccc(-c6cccc7ccccc67)cc5)cc4)ccc32)cc1. The molecule has 0 spiro atoms. The van der Waals surface area contributed by atoms with Crippen LogP contribution in [0.3, 0.4) is 0 Å². The normalized spacial score (nSPS) is 11.4. The number of nitrogens with zero attached hydrogens (tertiary/aromatic N) is 4. The lowest BCUT2D eigenvalue weighted by Gasteiger charge is -2.26. The van der Waals surface area contributed by atoms with Crippen LogP contribution >= 0.6 is 0 Å². The Morgan fingerprint density at radius 1 is 0.143 bits per heavy atom. The summed E-state index contributed by atoms with van der Waals surface area (Å²) in [5.74, 6) is 0. The van der Waals surface area contributed by atoms with Gasteiger partial charge in [-0.2, -0.15) is 0 Å². The molecule has 0 N–H and O–H groups in total. The molecule has 4 heteroatoms. The van der Waals surface area contributed by atoms with E-state index in [2.05, 4.69) is 468 Å². The van der Waals surface area contributed by atoms with Gasteiger partial charge in [-0.05, 0) is 245 Å². The van der Waals surface area contributed by atoms with Gasteiger partial charge < -0.3 is 18.9 Å². The summed E-state index contributed by atoms with van der Waals surface area (Å²) in [6.07, 6.45) is 0. The minimum Gasteiger partial charge on any atom is -0.311 e. The molecule has 0 saturated carbocycles. The summed E-state index contributed by atoms with van der Waals surface area (Å²) in [6, 6.07) is 162. The Hall–Kier alpha value is -14.8. The molecule has 21 rings (SSSR count). The molecule has 0 aliphatic rings. The molecule has 0 aliphatic heterocycles. The number of fused-ring (bicyclic) bond motifs is 9. The Labute approximate surface area is 651 Å². The van der Waals surface area contributed by atoms with Crippen molar-refractivity contribution < 1.29 is 0 Å². The van der Waals surface area contributed by atoms with Crippen molar-refractivity contribution in [3.8, 4) is 78.1 Å². The average Bonchev–Trinajstić information content (AvgIpc) is 1.49. The van der Waals surface area contributed by atoms with Gasteiger partial charge in [0.25, 0.3) is 0 Å². The van der Waals surface area contributed by atoms with Crippen molar-refractivity contribution in [3.05, 3.63) is 449 Å². The average molecular weight is 1430 g/mol. The first kappa shape index (κ1) is 66.6. The first-order chi connectivity index (χ1) is 55.5. The van der Waals surface area contributed by atoms with E-state index in [0.717, 1.165) is 34.1 Å². The Morgan fingerprint density at radius 2 is 0.411 bits per heavy atom. The van der Waals surface area contributed by atoms with E-state index in [1.165, 1.54) is 154 Å². The summed E-state index contributed by atoms with van der Waals surface area (Å²) in [6.45, 7) is 0. The van der Waals surface area contributed by atoms with E-state index in [4.69, 9.17) is 0 Å². The van der Waals surface area contributed by atoms with Gasteiger partial charge >= 0.3 is 0 Å². The molecule has 4 nitrogen and oxygen atoms in total. The highest BCUT2D eigenvalue weighted by Crippen LogP contribution is 2.44. The van der Waals surface area contributed by atoms with Crippen molar-refractivity contribution in [3.63, 3.8) is 0 Å². The van der Waals surface area contributed by atoms with E-state index in [1.807, 2.05) is 0 Å². The van der Waals surface area contributed by atoms with Crippen LogP contribution in [-0.2, 0) is 0 Å². The van der Waals surface area contributed by atoms with Gasteiger partial charge in [-0.15, -0.1) is 0 Å².